The quantitative estimate of drug-likeness (QED) is 0.618. The molecule has 2 fully saturated rings. The van der Waals surface area contributed by atoms with Crippen LogP contribution in [-0.2, 0) is 21.4 Å². The number of benzene rings is 2. The van der Waals surface area contributed by atoms with E-state index in [0.29, 0.717) is 55.1 Å². The molecular weight excluding hydrogens is 510 g/mol. The van der Waals surface area contributed by atoms with Crippen LogP contribution in [0, 0.1) is 17.7 Å². The van der Waals surface area contributed by atoms with Gasteiger partial charge in [0.15, 0.2) is 0 Å². The molecular formula is C30H39Cl2FN2O2. The Kier molecular flexibility index (Phi) is 9.21. The Bertz CT molecular complexity index is 1080. The number of nitrogens with zero attached hydrogens (tertiary/aromatic N) is 1. The van der Waals surface area contributed by atoms with Crippen molar-refractivity contribution in [3.05, 3.63) is 70.0 Å². The second-order valence-electron chi connectivity index (χ2n) is 11.0. The standard InChI is InChI=1S/C30H38ClFN2O2.ClH/c1-3-20(4-2)27-15-22(21-8-6-5-7-9-21)10-12-34(27)29(35)25-17-33-18-30(25)19-36-13-11-23-14-24(31)16-26(32)28(23)30;/h5-9,14,16,20,22,25,27,33H,3-4,10-13,15,17-19H2,1-2H3;1H/t22-,25+,27+,30+;/m1./s1. The van der Waals surface area contributed by atoms with Gasteiger partial charge in [-0.3, -0.25) is 4.79 Å². The molecule has 0 unspecified atom stereocenters. The number of carbonyl (C=O) groups excluding carboxylic acids is 1. The van der Waals surface area contributed by atoms with Crippen molar-refractivity contribution < 1.29 is 31.6 Å². The molecule has 3 aliphatic heterocycles. The van der Waals surface area contributed by atoms with Gasteiger partial charge in [0.2, 0.25) is 5.91 Å². The third-order valence-electron chi connectivity index (χ3n) is 9.18. The Balaban J connectivity index is 0.00000320. The third kappa shape index (κ3) is 5.30. The number of amides is 1. The highest BCUT2D eigenvalue weighted by Gasteiger charge is 2.56. The number of quaternary nitrogens is 1. The average molecular weight is 550 g/mol. The number of piperidine rings is 1. The summed E-state index contributed by atoms with van der Waals surface area (Å²) in [5.41, 5.74) is 2.27. The first-order chi connectivity index (χ1) is 17.5. The molecule has 37 heavy (non-hydrogen) atoms. The number of hydrogen-bond donors (Lipinski definition) is 1. The highest BCUT2D eigenvalue weighted by molar-refractivity contribution is 6.30. The van der Waals surface area contributed by atoms with Gasteiger partial charge in [-0.15, -0.1) is 0 Å². The van der Waals surface area contributed by atoms with Crippen LogP contribution in [0.5, 0.6) is 0 Å². The molecule has 3 heterocycles. The largest absolute Gasteiger partial charge is 1.00 e. The van der Waals surface area contributed by atoms with Crippen LogP contribution >= 0.6 is 11.6 Å². The van der Waals surface area contributed by atoms with E-state index in [1.807, 2.05) is 6.07 Å². The van der Waals surface area contributed by atoms with E-state index in [1.165, 1.54) is 11.6 Å². The molecule has 0 radical (unpaired) electrons. The fourth-order valence-corrected chi connectivity index (χ4v) is 7.54. The van der Waals surface area contributed by atoms with E-state index in [-0.39, 0.29) is 36.1 Å². The monoisotopic (exact) mass is 548 g/mol. The van der Waals surface area contributed by atoms with Gasteiger partial charge in [0.05, 0.1) is 31.7 Å². The van der Waals surface area contributed by atoms with Gasteiger partial charge in [0.25, 0.3) is 0 Å². The summed E-state index contributed by atoms with van der Waals surface area (Å²) in [6.45, 7) is 7.45. The second kappa shape index (κ2) is 12.0. The summed E-state index contributed by atoms with van der Waals surface area (Å²) >= 11 is 6.24. The molecule has 2 saturated heterocycles. The summed E-state index contributed by atoms with van der Waals surface area (Å²) in [4.78, 5) is 16.6. The van der Waals surface area contributed by atoms with Gasteiger partial charge in [0, 0.05) is 23.2 Å². The number of fused-ring (bicyclic) bond motifs is 2. The van der Waals surface area contributed by atoms with E-state index in [1.54, 1.807) is 0 Å². The number of ether oxygens (including phenoxy) is 1. The van der Waals surface area contributed by atoms with Gasteiger partial charge in [-0.1, -0.05) is 68.6 Å². The Morgan fingerprint density at radius 3 is 2.73 bits per heavy atom. The Labute approximate surface area is 231 Å². The van der Waals surface area contributed by atoms with Crippen molar-refractivity contribution in [2.24, 2.45) is 11.8 Å². The van der Waals surface area contributed by atoms with Gasteiger partial charge in [-0.05, 0) is 54.4 Å². The summed E-state index contributed by atoms with van der Waals surface area (Å²) < 4.78 is 21.6. The van der Waals surface area contributed by atoms with Crippen molar-refractivity contribution >= 4 is 17.5 Å². The molecule has 202 valence electrons. The smallest absolute Gasteiger partial charge is 0.232 e. The maximum atomic E-state index is 15.6. The summed E-state index contributed by atoms with van der Waals surface area (Å²) in [6, 6.07) is 14.2. The Morgan fingerprint density at radius 2 is 2.00 bits per heavy atom. The molecule has 2 N–H and O–H groups in total. The van der Waals surface area contributed by atoms with E-state index in [0.717, 1.165) is 37.8 Å². The minimum Gasteiger partial charge on any atom is -1.00 e. The number of halogens is 3. The second-order valence-corrected chi connectivity index (χ2v) is 11.4. The van der Waals surface area contributed by atoms with Gasteiger partial charge >= 0.3 is 0 Å². The predicted molar refractivity (Wildman–Crippen MR) is 141 cm³/mol. The SMILES string of the molecule is CCC(CC)[C@@H]1C[C@H](c2ccccc2)CCN1C(=O)[C@@H]1C[NH2+]C[C@]12COCCc1cc(Cl)cc(F)c12.[Cl-]. The van der Waals surface area contributed by atoms with Crippen LogP contribution in [-0.4, -0.2) is 49.7 Å². The lowest BCUT2D eigenvalue weighted by Crippen LogP contribution is -3.00. The summed E-state index contributed by atoms with van der Waals surface area (Å²) in [7, 11) is 0. The maximum absolute atomic E-state index is 15.6. The van der Waals surface area contributed by atoms with Crippen molar-refractivity contribution in [2.45, 2.75) is 63.3 Å². The van der Waals surface area contributed by atoms with Crippen LogP contribution in [0.2, 0.25) is 5.02 Å². The lowest BCUT2D eigenvalue weighted by molar-refractivity contribution is -0.640. The fourth-order valence-electron chi connectivity index (χ4n) is 7.32. The number of nitrogens with two attached hydrogens (primary N) is 1. The lowest BCUT2D eigenvalue weighted by atomic mass is 9.69. The average Bonchev–Trinajstić information content (AvgIpc) is 3.21. The first-order valence-electron chi connectivity index (χ1n) is 13.7. The van der Waals surface area contributed by atoms with Crippen LogP contribution < -0.4 is 17.7 Å². The molecule has 4 atom stereocenters. The molecule has 5 rings (SSSR count). The lowest BCUT2D eigenvalue weighted by Gasteiger charge is -2.45. The maximum Gasteiger partial charge on any atom is 0.232 e. The highest BCUT2D eigenvalue weighted by Crippen LogP contribution is 2.43. The van der Waals surface area contributed by atoms with Crippen molar-refractivity contribution in [3.63, 3.8) is 0 Å². The number of rotatable bonds is 5. The molecule has 3 aliphatic rings. The minimum absolute atomic E-state index is 0. The molecule has 0 aromatic heterocycles. The highest BCUT2D eigenvalue weighted by atomic mass is 35.5. The number of carbonyl (C=O) groups is 1. The molecule has 2 aromatic carbocycles. The van der Waals surface area contributed by atoms with E-state index >= 15 is 4.39 Å². The zero-order valence-corrected chi connectivity index (χ0v) is 23.4. The van der Waals surface area contributed by atoms with Crippen LogP contribution in [0.4, 0.5) is 4.39 Å². The summed E-state index contributed by atoms with van der Waals surface area (Å²) in [5, 5.41) is 2.59. The van der Waals surface area contributed by atoms with Crippen LogP contribution in [0.15, 0.2) is 42.5 Å². The van der Waals surface area contributed by atoms with Gasteiger partial charge in [-0.2, -0.15) is 0 Å². The van der Waals surface area contributed by atoms with Crippen LogP contribution in [0.3, 0.4) is 0 Å². The van der Waals surface area contributed by atoms with E-state index in [4.69, 9.17) is 16.3 Å². The van der Waals surface area contributed by atoms with Crippen LogP contribution in [0.25, 0.3) is 0 Å². The number of likely N-dealkylation sites (tertiary alicyclic amines) is 1. The van der Waals surface area contributed by atoms with Gasteiger partial charge in [-0.25, -0.2) is 4.39 Å². The Morgan fingerprint density at radius 1 is 1.24 bits per heavy atom. The zero-order valence-electron chi connectivity index (χ0n) is 21.9. The van der Waals surface area contributed by atoms with E-state index < -0.39 is 5.41 Å². The van der Waals surface area contributed by atoms with E-state index in [9.17, 15) is 4.79 Å². The Hall–Kier alpha value is -1.66. The van der Waals surface area contributed by atoms with Gasteiger partial charge in [0.1, 0.15) is 11.7 Å². The normalized spacial score (nSPS) is 27.6. The van der Waals surface area contributed by atoms with Crippen molar-refractivity contribution in [2.75, 3.05) is 32.8 Å². The molecule has 0 aliphatic carbocycles. The predicted octanol–water partition coefficient (Wildman–Crippen LogP) is 1.70. The topological polar surface area (TPSA) is 46.2 Å². The summed E-state index contributed by atoms with van der Waals surface area (Å²) in [5.74, 6) is 0.491. The first-order valence-corrected chi connectivity index (χ1v) is 14.1. The van der Waals surface area contributed by atoms with E-state index in [2.05, 4.69) is 54.4 Å². The minimum atomic E-state index is -0.660. The van der Waals surface area contributed by atoms with Crippen molar-refractivity contribution in [3.8, 4) is 0 Å². The van der Waals surface area contributed by atoms with Crippen LogP contribution in [0.1, 0.15) is 62.1 Å². The fraction of sp³-hybridized carbons (Fsp3) is 0.567. The molecule has 0 bridgehead atoms. The molecule has 7 heteroatoms. The van der Waals surface area contributed by atoms with Gasteiger partial charge < -0.3 is 27.4 Å². The molecule has 1 spiro atoms. The first kappa shape index (κ1) is 28.4. The zero-order chi connectivity index (χ0) is 25.3. The molecule has 0 saturated carbocycles. The molecule has 1 amide bonds. The number of hydrogen-bond acceptors (Lipinski definition) is 2. The van der Waals surface area contributed by atoms with Crippen molar-refractivity contribution in [1.82, 2.24) is 4.90 Å². The molecule has 4 nitrogen and oxygen atoms in total. The summed E-state index contributed by atoms with van der Waals surface area (Å²) in [6.07, 6.45) is 4.67. The third-order valence-corrected chi connectivity index (χ3v) is 9.40. The molecule has 2 aromatic rings. The van der Waals surface area contributed by atoms with Crippen molar-refractivity contribution in [1.29, 1.82) is 0 Å².